The minimum absolute atomic E-state index is 0. The summed E-state index contributed by atoms with van der Waals surface area (Å²) in [4.78, 5) is 0. The largest absolute Gasteiger partial charge is 1.00 e. The fraction of sp³-hybridized carbons (Fsp3) is 0. The first-order chi connectivity index (χ1) is 23.9. The first-order valence-electron chi connectivity index (χ1n) is 16.0. The summed E-state index contributed by atoms with van der Waals surface area (Å²) < 4.78 is 0. The van der Waals surface area contributed by atoms with Gasteiger partial charge in [0.1, 0.15) is 0 Å². The third-order valence-electron chi connectivity index (χ3n) is 7.08. The zero-order chi connectivity index (χ0) is 32.9. The SMILES string of the molecule is [Au+].[Au+].[C-]1[CH][CH][CH][CH]1.[C-]1[CH][CH][CH][CH]1.[Fe].c1ccc(P(c2ccccc2)c2ccccc2)cc1.c1ccc(P(c2ccccc2)c2ccccc2)cc1. The summed E-state index contributed by atoms with van der Waals surface area (Å²) in [6.45, 7) is 0. The molecule has 0 N–H and O–H groups in total. The van der Waals surface area contributed by atoms with Crippen molar-refractivity contribution in [2.75, 3.05) is 0 Å². The molecule has 5 heteroatoms. The van der Waals surface area contributed by atoms with Gasteiger partial charge in [-0.2, -0.15) is 0 Å². The van der Waals surface area contributed by atoms with Crippen LogP contribution in [0.5, 0.6) is 0 Å². The molecule has 6 aromatic carbocycles. The van der Waals surface area contributed by atoms with E-state index in [4.69, 9.17) is 0 Å². The van der Waals surface area contributed by atoms with Crippen LogP contribution in [-0.2, 0) is 61.8 Å². The molecule has 2 aliphatic rings. The number of rotatable bonds is 6. The van der Waals surface area contributed by atoms with Crippen LogP contribution in [0.25, 0.3) is 0 Å². The topological polar surface area (TPSA) is 0 Å². The Morgan fingerprint density at radius 1 is 0.255 bits per heavy atom. The van der Waals surface area contributed by atoms with E-state index in [2.05, 4.69) is 195 Å². The monoisotopic (exact) mass is 1100 g/mol. The quantitative estimate of drug-likeness (QED) is 0.0891. The number of benzene rings is 6. The van der Waals surface area contributed by atoms with Crippen molar-refractivity contribution in [1.29, 1.82) is 0 Å². The Bertz CT molecular complexity index is 1320. The van der Waals surface area contributed by atoms with Gasteiger partial charge < -0.3 is 12.8 Å². The molecule has 51 heavy (non-hydrogen) atoms. The van der Waals surface area contributed by atoms with Crippen LogP contribution in [0.15, 0.2) is 182 Å². The van der Waals surface area contributed by atoms with Crippen LogP contribution in [-0.4, -0.2) is 0 Å². The van der Waals surface area contributed by atoms with Gasteiger partial charge in [0, 0.05) is 17.1 Å². The van der Waals surface area contributed by atoms with Gasteiger partial charge in [-0.1, -0.05) is 208 Å². The van der Waals surface area contributed by atoms with Crippen LogP contribution in [0.3, 0.4) is 0 Å². The molecule has 0 bridgehead atoms. The van der Waals surface area contributed by atoms with Gasteiger partial charge in [0.2, 0.25) is 0 Å². The molecule has 262 valence electrons. The van der Waals surface area contributed by atoms with E-state index in [1.165, 1.54) is 31.8 Å². The summed E-state index contributed by atoms with van der Waals surface area (Å²) >= 11 is 0. The Hall–Kier alpha value is -1.82. The average Bonchev–Trinajstić information content (AvgIpc) is 3.96. The minimum Gasteiger partial charge on any atom is -0.474 e. The molecule has 0 saturated heterocycles. The summed E-state index contributed by atoms with van der Waals surface area (Å²) in [6.07, 6.45) is 21.0. The fourth-order valence-electron chi connectivity index (χ4n) is 4.91. The molecule has 0 amide bonds. The molecule has 0 unspecified atom stereocenters. The van der Waals surface area contributed by atoms with E-state index in [0.717, 1.165) is 0 Å². The van der Waals surface area contributed by atoms with Crippen molar-refractivity contribution in [2.45, 2.75) is 0 Å². The Kier molecular flexibility index (Phi) is 24.7. The Morgan fingerprint density at radius 2 is 0.412 bits per heavy atom. The average molecular weight is 1100 g/mol. The normalized spacial score (nSPS) is 12.6. The van der Waals surface area contributed by atoms with Crippen LogP contribution in [0.2, 0.25) is 0 Å². The van der Waals surface area contributed by atoms with Crippen molar-refractivity contribution in [3.05, 3.63) is 246 Å². The molecule has 0 aliphatic heterocycles. The maximum absolute atomic E-state index is 2.86. The number of hydrogen-bond acceptors (Lipinski definition) is 0. The first-order valence-corrected chi connectivity index (χ1v) is 18.6. The second-order valence-corrected chi connectivity index (χ2v) is 14.9. The molecule has 2 saturated carbocycles. The van der Waals surface area contributed by atoms with Crippen molar-refractivity contribution in [1.82, 2.24) is 0 Å². The molecule has 0 atom stereocenters. The summed E-state index contributed by atoms with van der Waals surface area (Å²) in [5, 5.41) is 8.39. The van der Waals surface area contributed by atoms with Gasteiger partial charge in [-0.05, 0) is 47.7 Å². The molecule has 2 fully saturated rings. The predicted molar refractivity (Wildman–Crippen MR) is 211 cm³/mol. The van der Waals surface area contributed by atoms with Crippen LogP contribution >= 0.6 is 15.8 Å². The van der Waals surface area contributed by atoms with Gasteiger partial charge in [-0.15, -0.1) is 0 Å². The van der Waals surface area contributed by atoms with E-state index >= 15 is 0 Å². The van der Waals surface area contributed by atoms with Crippen molar-refractivity contribution < 1.29 is 61.8 Å². The first kappa shape index (κ1) is 45.3. The van der Waals surface area contributed by atoms with Gasteiger partial charge in [-0.25, -0.2) is 25.7 Å². The van der Waals surface area contributed by atoms with Gasteiger partial charge in [0.05, 0.1) is 0 Å². The van der Waals surface area contributed by atoms with Crippen LogP contribution in [0.4, 0.5) is 0 Å². The molecule has 2 aliphatic carbocycles. The van der Waals surface area contributed by atoms with E-state index in [1.54, 1.807) is 0 Å². The van der Waals surface area contributed by atoms with Crippen molar-refractivity contribution in [3.63, 3.8) is 0 Å². The third kappa shape index (κ3) is 16.0. The minimum atomic E-state index is -0.446. The molecule has 8 rings (SSSR count). The predicted octanol–water partition coefficient (Wildman–Crippen LogP) is 8.68. The second-order valence-electron chi connectivity index (χ2n) is 10.5. The fourth-order valence-corrected chi connectivity index (χ4v) is 9.52. The molecule has 10 radical (unpaired) electrons. The zero-order valence-electron chi connectivity index (χ0n) is 27.8. The van der Waals surface area contributed by atoms with Gasteiger partial charge in [-0.3, -0.25) is 0 Å². The van der Waals surface area contributed by atoms with E-state index < -0.39 is 15.8 Å². The Labute approximate surface area is 352 Å². The standard InChI is InChI=1S/2C18H15P.2C5H4.2Au.Fe/c2*1-4-10-16(11-5-1)19(17-12-6-2-7-13-17)18-14-8-3-9-15-18;2*1-2-4-5-3-1;;;/h2*1-15H;2*1-4H;;;/q;;2*-1;2*+1;. The maximum Gasteiger partial charge on any atom is 1.00 e. The zero-order valence-corrected chi connectivity index (χ0v) is 35.0. The molecule has 0 nitrogen and oxygen atoms in total. The summed E-state index contributed by atoms with van der Waals surface area (Å²) in [5.41, 5.74) is 0. The van der Waals surface area contributed by atoms with Crippen molar-refractivity contribution >= 4 is 47.7 Å². The summed E-state index contributed by atoms with van der Waals surface area (Å²) in [5.74, 6) is 0. The van der Waals surface area contributed by atoms with Crippen LogP contribution in [0.1, 0.15) is 0 Å². The molecular formula is C46H38Au2FeP2. The molecule has 0 aromatic heterocycles. The van der Waals surface area contributed by atoms with E-state index in [1.807, 2.05) is 51.4 Å². The number of hydrogen-bond donors (Lipinski definition) is 0. The Morgan fingerprint density at radius 3 is 0.529 bits per heavy atom. The second kappa shape index (κ2) is 27.7. The van der Waals surface area contributed by atoms with E-state index in [-0.39, 0.29) is 61.8 Å². The maximum atomic E-state index is 2.86. The molecule has 6 aromatic rings. The van der Waals surface area contributed by atoms with Crippen LogP contribution < -0.4 is 31.8 Å². The molecule has 0 spiro atoms. The van der Waals surface area contributed by atoms with E-state index in [0.29, 0.717) is 0 Å². The van der Waals surface area contributed by atoms with Crippen molar-refractivity contribution in [2.24, 2.45) is 0 Å². The smallest absolute Gasteiger partial charge is 0.474 e. The third-order valence-corrected chi connectivity index (χ3v) is 12.0. The van der Waals surface area contributed by atoms with Crippen molar-refractivity contribution in [3.8, 4) is 0 Å². The van der Waals surface area contributed by atoms with Gasteiger partial charge in [0.15, 0.2) is 0 Å². The molecular weight excluding hydrogens is 1060 g/mol. The Balaban J connectivity index is 0.000000265. The van der Waals surface area contributed by atoms with Gasteiger partial charge in [0.25, 0.3) is 0 Å². The van der Waals surface area contributed by atoms with Crippen LogP contribution in [0, 0.1) is 64.2 Å². The summed E-state index contributed by atoms with van der Waals surface area (Å²) in [6, 6.07) is 64.7. The molecule has 0 heterocycles. The van der Waals surface area contributed by atoms with Gasteiger partial charge >= 0.3 is 44.8 Å². The summed E-state index contributed by atoms with van der Waals surface area (Å²) in [7, 11) is -0.892. The van der Waals surface area contributed by atoms with E-state index in [9.17, 15) is 0 Å².